The highest BCUT2D eigenvalue weighted by Crippen LogP contribution is 2.29. The third-order valence-electron chi connectivity index (χ3n) is 3.62. The molecule has 0 aliphatic carbocycles. The van der Waals surface area contributed by atoms with Gasteiger partial charge >= 0.3 is 0 Å². The number of pyridine rings is 1. The number of aromatic nitrogens is 1. The van der Waals surface area contributed by atoms with Crippen LogP contribution in [0.25, 0.3) is 0 Å². The molecule has 0 radical (unpaired) electrons. The molecule has 100 valence electrons. The first-order chi connectivity index (χ1) is 8.58. The second-order valence-electron chi connectivity index (χ2n) is 5.90. The maximum atomic E-state index is 6.33. The molecule has 1 aliphatic heterocycles. The molecule has 0 bridgehead atoms. The van der Waals surface area contributed by atoms with E-state index in [1.807, 2.05) is 6.20 Å². The van der Waals surface area contributed by atoms with E-state index in [9.17, 15) is 0 Å². The predicted octanol–water partition coefficient (Wildman–Crippen LogP) is 2.51. The van der Waals surface area contributed by atoms with Gasteiger partial charge in [-0.15, -0.1) is 0 Å². The fourth-order valence-electron chi connectivity index (χ4n) is 2.83. The molecule has 2 heterocycles. The molecule has 0 spiro atoms. The maximum absolute atomic E-state index is 6.33. The van der Waals surface area contributed by atoms with Gasteiger partial charge in [-0.05, 0) is 43.9 Å². The highest BCUT2D eigenvalue weighted by Gasteiger charge is 2.31. The molecule has 1 aromatic rings. The van der Waals surface area contributed by atoms with Crippen molar-refractivity contribution in [2.75, 3.05) is 13.1 Å². The SMILES string of the molecule is Cc1ccc(C2C(N)CCCN2CC(C)C)nc1. The molecule has 3 nitrogen and oxygen atoms in total. The van der Waals surface area contributed by atoms with Gasteiger partial charge in [-0.2, -0.15) is 0 Å². The molecule has 1 fully saturated rings. The quantitative estimate of drug-likeness (QED) is 0.892. The molecule has 18 heavy (non-hydrogen) atoms. The van der Waals surface area contributed by atoms with Crippen molar-refractivity contribution >= 4 is 0 Å². The van der Waals surface area contributed by atoms with E-state index < -0.39 is 0 Å². The number of aryl methyl sites for hydroxylation is 1. The Hall–Kier alpha value is -0.930. The lowest BCUT2D eigenvalue weighted by atomic mass is 9.93. The summed E-state index contributed by atoms with van der Waals surface area (Å²) in [6.07, 6.45) is 4.26. The fourth-order valence-corrected chi connectivity index (χ4v) is 2.83. The summed E-state index contributed by atoms with van der Waals surface area (Å²) in [6, 6.07) is 4.78. The predicted molar refractivity (Wildman–Crippen MR) is 75.3 cm³/mol. The van der Waals surface area contributed by atoms with Crippen molar-refractivity contribution in [2.45, 2.75) is 45.7 Å². The molecule has 1 saturated heterocycles. The highest BCUT2D eigenvalue weighted by molar-refractivity contribution is 5.17. The highest BCUT2D eigenvalue weighted by atomic mass is 15.2. The Labute approximate surface area is 110 Å². The lowest BCUT2D eigenvalue weighted by Gasteiger charge is -2.40. The second-order valence-corrected chi connectivity index (χ2v) is 5.90. The van der Waals surface area contributed by atoms with Crippen LogP contribution in [0.1, 0.15) is 44.0 Å². The standard InChI is InChI=1S/C15H25N3/c1-11(2)10-18-8-4-5-13(16)15(18)14-7-6-12(3)9-17-14/h6-7,9,11,13,15H,4-5,8,10,16H2,1-3H3. The van der Waals surface area contributed by atoms with Crippen molar-refractivity contribution in [1.29, 1.82) is 0 Å². The molecule has 1 aromatic heterocycles. The van der Waals surface area contributed by atoms with Gasteiger partial charge < -0.3 is 5.73 Å². The number of hydrogen-bond donors (Lipinski definition) is 1. The zero-order chi connectivity index (χ0) is 13.1. The molecule has 0 amide bonds. The smallest absolute Gasteiger partial charge is 0.0673 e. The van der Waals surface area contributed by atoms with Crippen LogP contribution in [0.5, 0.6) is 0 Å². The van der Waals surface area contributed by atoms with E-state index in [4.69, 9.17) is 5.73 Å². The van der Waals surface area contributed by atoms with Gasteiger partial charge in [0.2, 0.25) is 0 Å². The first-order valence-electron chi connectivity index (χ1n) is 7.00. The molecule has 2 unspecified atom stereocenters. The summed E-state index contributed by atoms with van der Waals surface area (Å²) in [5.74, 6) is 0.670. The van der Waals surface area contributed by atoms with Crippen molar-refractivity contribution in [1.82, 2.24) is 9.88 Å². The van der Waals surface area contributed by atoms with E-state index in [-0.39, 0.29) is 6.04 Å². The molecule has 2 atom stereocenters. The lowest BCUT2D eigenvalue weighted by Crippen LogP contribution is -2.47. The van der Waals surface area contributed by atoms with Crippen molar-refractivity contribution in [3.63, 3.8) is 0 Å². The fraction of sp³-hybridized carbons (Fsp3) is 0.667. The number of hydrogen-bond acceptors (Lipinski definition) is 3. The molecular formula is C15H25N3. The van der Waals surface area contributed by atoms with Crippen LogP contribution in [0.3, 0.4) is 0 Å². The van der Waals surface area contributed by atoms with Crippen LogP contribution >= 0.6 is 0 Å². The minimum absolute atomic E-state index is 0.215. The topological polar surface area (TPSA) is 42.1 Å². The van der Waals surface area contributed by atoms with E-state index in [1.165, 1.54) is 12.0 Å². The van der Waals surface area contributed by atoms with E-state index in [0.717, 1.165) is 25.2 Å². The third kappa shape index (κ3) is 3.09. The molecule has 2 rings (SSSR count). The first-order valence-corrected chi connectivity index (χ1v) is 7.00. The van der Waals surface area contributed by atoms with Gasteiger partial charge in [-0.25, -0.2) is 0 Å². The number of piperidine rings is 1. The zero-order valence-corrected chi connectivity index (χ0v) is 11.8. The monoisotopic (exact) mass is 247 g/mol. The van der Waals surface area contributed by atoms with Crippen LogP contribution < -0.4 is 5.73 Å². The summed E-state index contributed by atoms with van der Waals surface area (Å²) in [7, 11) is 0. The number of nitrogens with two attached hydrogens (primary N) is 1. The van der Waals surface area contributed by atoms with Crippen molar-refractivity contribution in [3.05, 3.63) is 29.6 Å². The Balaban J connectivity index is 2.21. The van der Waals surface area contributed by atoms with Gasteiger partial charge in [0.05, 0.1) is 11.7 Å². The maximum Gasteiger partial charge on any atom is 0.0673 e. The van der Waals surface area contributed by atoms with Crippen LogP contribution in [0.4, 0.5) is 0 Å². The minimum atomic E-state index is 0.215. The summed E-state index contributed by atoms with van der Waals surface area (Å²) >= 11 is 0. The molecular weight excluding hydrogens is 222 g/mol. The van der Waals surface area contributed by atoms with Crippen LogP contribution in [0.2, 0.25) is 0 Å². The van der Waals surface area contributed by atoms with Crippen molar-refractivity contribution in [3.8, 4) is 0 Å². The Morgan fingerprint density at radius 2 is 2.22 bits per heavy atom. The summed E-state index contributed by atoms with van der Waals surface area (Å²) in [5, 5.41) is 0. The first kappa shape index (κ1) is 13.5. The van der Waals surface area contributed by atoms with E-state index in [2.05, 4.69) is 42.8 Å². The van der Waals surface area contributed by atoms with Crippen molar-refractivity contribution in [2.24, 2.45) is 11.7 Å². The summed E-state index contributed by atoms with van der Waals surface area (Å²) in [4.78, 5) is 7.10. The van der Waals surface area contributed by atoms with Gasteiger partial charge in [-0.3, -0.25) is 9.88 Å². The third-order valence-corrected chi connectivity index (χ3v) is 3.62. The number of rotatable bonds is 3. The average molecular weight is 247 g/mol. The van der Waals surface area contributed by atoms with E-state index >= 15 is 0 Å². The van der Waals surface area contributed by atoms with Crippen LogP contribution in [0, 0.1) is 12.8 Å². The summed E-state index contributed by atoms with van der Waals surface area (Å²) in [6.45, 7) is 8.85. The van der Waals surface area contributed by atoms with Crippen molar-refractivity contribution < 1.29 is 0 Å². The molecule has 0 aromatic carbocycles. The molecule has 0 saturated carbocycles. The van der Waals surface area contributed by atoms with Crippen LogP contribution in [-0.4, -0.2) is 29.0 Å². The normalized spacial score (nSPS) is 25.6. The molecule has 3 heteroatoms. The van der Waals surface area contributed by atoms with Crippen LogP contribution in [-0.2, 0) is 0 Å². The Kier molecular flexibility index (Phi) is 4.36. The summed E-state index contributed by atoms with van der Waals surface area (Å²) < 4.78 is 0. The Morgan fingerprint density at radius 1 is 1.44 bits per heavy atom. The second kappa shape index (κ2) is 5.81. The van der Waals surface area contributed by atoms with Gasteiger partial charge in [-0.1, -0.05) is 19.9 Å². The number of likely N-dealkylation sites (tertiary alicyclic amines) is 1. The van der Waals surface area contributed by atoms with E-state index in [0.29, 0.717) is 12.0 Å². The van der Waals surface area contributed by atoms with Gasteiger partial charge in [0.25, 0.3) is 0 Å². The molecule has 1 aliphatic rings. The Morgan fingerprint density at radius 3 is 2.83 bits per heavy atom. The lowest BCUT2D eigenvalue weighted by molar-refractivity contribution is 0.111. The average Bonchev–Trinajstić information content (AvgIpc) is 2.30. The summed E-state index contributed by atoms with van der Waals surface area (Å²) in [5.41, 5.74) is 8.67. The Bertz CT molecular complexity index is 372. The van der Waals surface area contributed by atoms with Gasteiger partial charge in [0.15, 0.2) is 0 Å². The van der Waals surface area contributed by atoms with Gasteiger partial charge in [0.1, 0.15) is 0 Å². The van der Waals surface area contributed by atoms with E-state index in [1.54, 1.807) is 0 Å². The van der Waals surface area contributed by atoms with Crippen LogP contribution in [0.15, 0.2) is 18.3 Å². The largest absolute Gasteiger partial charge is 0.326 e. The number of nitrogens with zero attached hydrogens (tertiary/aromatic N) is 2. The minimum Gasteiger partial charge on any atom is -0.326 e. The zero-order valence-electron chi connectivity index (χ0n) is 11.8. The van der Waals surface area contributed by atoms with Gasteiger partial charge in [0, 0.05) is 18.8 Å². The molecule has 2 N–H and O–H groups in total.